The predicted molar refractivity (Wildman–Crippen MR) is 78.4 cm³/mol. The van der Waals surface area contributed by atoms with E-state index in [1.54, 1.807) is 24.5 Å². The van der Waals surface area contributed by atoms with E-state index in [0.29, 0.717) is 5.76 Å². The van der Waals surface area contributed by atoms with Crippen LogP contribution in [-0.2, 0) is 4.79 Å². The molecule has 1 aromatic carbocycles. The Morgan fingerprint density at radius 2 is 2.21 bits per heavy atom. The van der Waals surface area contributed by atoms with Crippen molar-refractivity contribution in [2.24, 2.45) is 0 Å². The van der Waals surface area contributed by atoms with Crippen LogP contribution in [0.15, 0.2) is 57.6 Å². The van der Waals surface area contributed by atoms with E-state index in [2.05, 4.69) is 21.2 Å². The third kappa shape index (κ3) is 4.10. The summed E-state index contributed by atoms with van der Waals surface area (Å²) in [4.78, 5) is 11.8. The van der Waals surface area contributed by atoms with Gasteiger partial charge in [0.1, 0.15) is 5.76 Å². The summed E-state index contributed by atoms with van der Waals surface area (Å²) in [6.07, 6.45) is 4.68. The fourth-order valence-electron chi connectivity index (χ4n) is 1.66. The van der Waals surface area contributed by atoms with Gasteiger partial charge in [-0.1, -0.05) is 28.1 Å². The lowest BCUT2D eigenvalue weighted by atomic mass is 10.1. The molecule has 19 heavy (non-hydrogen) atoms. The van der Waals surface area contributed by atoms with Crippen LogP contribution in [0.1, 0.15) is 24.3 Å². The summed E-state index contributed by atoms with van der Waals surface area (Å²) >= 11 is 3.41. The number of furan rings is 1. The van der Waals surface area contributed by atoms with Crippen molar-refractivity contribution in [1.29, 1.82) is 0 Å². The van der Waals surface area contributed by atoms with E-state index in [9.17, 15) is 4.79 Å². The van der Waals surface area contributed by atoms with Gasteiger partial charge < -0.3 is 9.73 Å². The van der Waals surface area contributed by atoms with Gasteiger partial charge in [0, 0.05) is 10.5 Å². The molecule has 2 rings (SSSR count). The first-order valence-electron chi connectivity index (χ1n) is 5.93. The van der Waals surface area contributed by atoms with Crippen molar-refractivity contribution in [3.8, 4) is 0 Å². The molecule has 0 saturated heterocycles. The van der Waals surface area contributed by atoms with Crippen LogP contribution in [0.3, 0.4) is 0 Å². The Morgan fingerprint density at radius 3 is 2.89 bits per heavy atom. The predicted octanol–water partition coefficient (Wildman–Crippen LogP) is 3.93. The lowest BCUT2D eigenvalue weighted by Crippen LogP contribution is -2.24. The van der Waals surface area contributed by atoms with Gasteiger partial charge in [-0.3, -0.25) is 4.79 Å². The molecule has 0 radical (unpaired) electrons. The molecule has 0 aliphatic heterocycles. The van der Waals surface area contributed by atoms with E-state index in [4.69, 9.17) is 4.42 Å². The molecule has 0 unspecified atom stereocenters. The van der Waals surface area contributed by atoms with Crippen molar-refractivity contribution in [1.82, 2.24) is 5.32 Å². The zero-order chi connectivity index (χ0) is 13.7. The largest absolute Gasteiger partial charge is 0.465 e. The van der Waals surface area contributed by atoms with Crippen LogP contribution in [-0.4, -0.2) is 5.91 Å². The average Bonchev–Trinajstić information content (AvgIpc) is 2.89. The third-order valence-electron chi connectivity index (χ3n) is 2.65. The Balaban J connectivity index is 1.95. The van der Waals surface area contributed by atoms with Gasteiger partial charge in [0.15, 0.2) is 0 Å². The zero-order valence-corrected chi connectivity index (χ0v) is 12.1. The Hall–Kier alpha value is -1.81. The molecule has 1 aromatic heterocycles. The fraction of sp³-hybridized carbons (Fsp3) is 0.133. The highest BCUT2D eigenvalue weighted by molar-refractivity contribution is 9.10. The molecule has 1 heterocycles. The summed E-state index contributed by atoms with van der Waals surface area (Å²) in [5, 5.41) is 2.90. The van der Waals surface area contributed by atoms with Crippen LogP contribution in [0.2, 0.25) is 0 Å². The quantitative estimate of drug-likeness (QED) is 0.867. The van der Waals surface area contributed by atoms with E-state index in [1.807, 2.05) is 31.2 Å². The number of benzene rings is 1. The van der Waals surface area contributed by atoms with Crippen LogP contribution in [0.25, 0.3) is 6.08 Å². The maximum Gasteiger partial charge on any atom is 0.244 e. The SMILES string of the molecule is C[C@H](NC(=O)/C=C\c1ccco1)c1cccc(Br)c1. The molecule has 1 atom stereocenters. The Kier molecular flexibility index (Phi) is 4.58. The molecule has 0 saturated carbocycles. The van der Waals surface area contributed by atoms with Gasteiger partial charge in [-0.15, -0.1) is 0 Å². The molecule has 1 amide bonds. The first-order chi connectivity index (χ1) is 9.15. The lowest BCUT2D eigenvalue weighted by Gasteiger charge is -2.13. The number of hydrogen-bond acceptors (Lipinski definition) is 2. The van der Waals surface area contributed by atoms with Crippen molar-refractivity contribution in [3.63, 3.8) is 0 Å². The average molecular weight is 320 g/mol. The summed E-state index contributed by atoms with van der Waals surface area (Å²) in [6.45, 7) is 1.94. The third-order valence-corrected chi connectivity index (χ3v) is 3.14. The van der Waals surface area contributed by atoms with E-state index in [0.717, 1.165) is 10.0 Å². The molecule has 3 nitrogen and oxygen atoms in total. The smallest absolute Gasteiger partial charge is 0.244 e. The normalized spacial score (nSPS) is 12.5. The summed E-state index contributed by atoms with van der Waals surface area (Å²) in [5.74, 6) is 0.508. The van der Waals surface area contributed by atoms with Crippen LogP contribution >= 0.6 is 15.9 Å². The molecular formula is C15H14BrNO2. The highest BCUT2D eigenvalue weighted by Crippen LogP contribution is 2.17. The van der Waals surface area contributed by atoms with Gasteiger partial charge in [-0.2, -0.15) is 0 Å². The lowest BCUT2D eigenvalue weighted by molar-refractivity contribution is -0.117. The van der Waals surface area contributed by atoms with Gasteiger partial charge in [0.2, 0.25) is 5.91 Å². The van der Waals surface area contributed by atoms with Gasteiger partial charge >= 0.3 is 0 Å². The topological polar surface area (TPSA) is 42.2 Å². The van der Waals surface area contributed by atoms with Crippen LogP contribution < -0.4 is 5.32 Å². The maximum absolute atomic E-state index is 11.8. The number of carbonyl (C=O) groups is 1. The van der Waals surface area contributed by atoms with Crippen molar-refractivity contribution in [2.45, 2.75) is 13.0 Å². The van der Waals surface area contributed by atoms with Crippen molar-refractivity contribution >= 4 is 27.9 Å². The summed E-state index contributed by atoms with van der Waals surface area (Å²) in [7, 11) is 0. The van der Waals surface area contributed by atoms with Gasteiger partial charge in [0.25, 0.3) is 0 Å². The second kappa shape index (κ2) is 6.38. The molecular weight excluding hydrogens is 306 g/mol. The van der Waals surface area contributed by atoms with E-state index < -0.39 is 0 Å². The highest BCUT2D eigenvalue weighted by atomic mass is 79.9. The highest BCUT2D eigenvalue weighted by Gasteiger charge is 2.07. The standard InChI is InChI=1S/C15H14BrNO2/c1-11(12-4-2-5-13(16)10-12)17-15(18)8-7-14-6-3-9-19-14/h2-11H,1H3,(H,17,18)/b8-7-/t11-/m0/s1. The Morgan fingerprint density at radius 1 is 1.37 bits per heavy atom. The first kappa shape index (κ1) is 13.6. The maximum atomic E-state index is 11.8. The molecule has 2 aromatic rings. The minimum Gasteiger partial charge on any atom is -0.465 e. The van der Waals surface area contributed by atoms with Gasteiger partial charge in [-0.05, 0) is 42.8 Å². The molecule has 0 aliphatic rings. The van der Waals surface area contributed by atoms with Crippen LogP contribution in [0.5, 0.6) is 0 Å². The molecule has 1 N–H and O–H groups in total. The van der Waals surface area contributed by atoms with E-state index >= 15 is 0 Å². The molecule has 4 heteroatoms. The van der Waals surface area contributed by atoms with E-state index in [-0.39, 0.29) is 11.9 Å². The number of carbonyl (C=O) groups excluding carboxylic acids is 1. The van der Waals surface area contributed by atoms with Crippen molar-refractivity contribution in [3.05, 3.63) is 64.5 Å². The van der Waals surface area contributed by atoms with Gasteiger partial charge in [0.05, 0.1) is 12.3 Å². The van der Waals surface area contributed by atoms with Crippen LogP contribution in [0.4, 0.5) is 0 Å². The zero-order valence-electron chi connectivity index (χ0n) is 10.5. The second-order valence-electron chi connectivity index (χ2n) is 4.13. The molecule has 0 aliphatic carbocycles. The van der Waals surface area contributed by atoms with Gasteiger partial charge in [-0.25, -0.2) is 0 Å². The number of rotatable bonds is 4. The molecule has 0 fully saturated rings. The number of halogens is 1. The second-order valence-corrected chi connectivity index (χ2v) is 5.05. The summed E-state index contributed by atoms with van der Waals surface area (Å²) in [5.41, 5.74) is 1.05. The Bertz CT molecular complexity index is 576. The first-order valence-corrected chi connectivity index (χ1v) is 6.72. The van der Waals surface area contributed by atoms with Crippen molar-refractivity contribution in [2.75, 3.05) is 0 Å². The monoisotopic (exact) mass is 319 g/mol. The van der Waals surface area contributed by atoms with Crippen molar-refractivity contribution < 1.29 is 9.21 Å². The van der Waals surface area contributed by atoms with E-state index in [1.165, 1.54) is 6.08 Å². The minimum atomic E-state index is -0.149. The summed E-state index contributed by atoms with van der Waals surface area (Å²) < 4.78 is 6.11. The number of hydrogen-bond donors (Lipinski definition) is 1. The Labute approximate surface area is 120 Å². The number of amides is 1. The summed E-state index contributed by atoms with van der Waals surface area (Å²) in [6, 6.07) is 11.4. The molecule has 0 spiro atoms. The van der Waals surface area contributed by atoms with Crippen LogP contribution in [0, 0.1) is 0 Å². The minimum absolute atomic E-state index is 0.0498. The molecule has 0 bridgehead atoms. The molecule has 98 valence electrons. The number of nitrogens with one attached hydrogen (secondary N) is 1. The fourth-order valence-corrected chi connectivity index (χ4v) is 2.08.